The molecule has 2 aliphatic heterocycles. The lowest BCUT2D eigenvalue weighted by Gasteiger charge is -2.29. The van der Waals surface area contributed by atoms with Gasteiger partial charge in [-0.3, -0.25) is 0 Å². The van der Waals surface area contributed by atoms with Gasteiger partial charge in [-0.05, 0) is 55.8 Å². The molecule has 1 saturated heterocycles. The summed E-state index contributed by atoms with van der Waals surface area (Å²) < 4.78 is 10.8. The summed E-state index contributed by atoms with van der Waals surface area (Å²) in [7, 11) is 0. The monoisotopic (exact) mass is 261 g/mol. The van der Waals surface area contributed by atoms with Crippen molar-refractivity contribution in [3.63, 3.8) is 0 Å². The van der Waals surface area contributed by atoms with E-state index in [2.05, 4.69) is 24.4 Å². The maximum absolute atomic E-state index is 5.43. The first-order valence-electron chi connectivity index (χ1n) is 7.47. The summed E-state index contributed by atoms with van der Waals surface area (Å²) in [5.41, 5.74) is 1.35. The van der Waals surface area contributed by atoms with E-state index >= 15 is 0 Å². The van der Waals surface area contributed by atoms with Gasteiger partial charge in [0.2, 0.25) is 6.79 Å². The Morgan fingerprint density at radius 1 is 1.26 bits per heavy atom. The lowest BCUT2D eigenvalue weighted by atomic mass is 9.88. The third-order valence-electron chi connectivity index (χ3n) is 4.40. The average molecular weight is 261 g/mol. The summed E-state index contributed by atoms with van der Waals surface area (Å²) >= 11 is 0. The van der Waals surface area contributed by atoms with Crippen molar-refractivity contribution in [2.45, 2.75) is 45.1 Å². The van der Waals surface area contributed by atoms with Crippen LogP contribution in [0.3, 0.4) is 0 Å². The highest BCUT2D eigenvalue weighted by atomic mass is 16.7. The van der Waals surface area contributed by atoms with Crippen LogP contribution in [0.4, 0.5) is 0 Å². The molecule has 1 N–H and O–H groups in total. The van der Waals surface area contributed by atoms with Crippen LogP contribution in [-0.4, -0.2) is 19.4 Å². The van der Waals surface area contributed by atoms with Crippen molar-refractivity contribution in [3.05, 3.63) is 23.8 Å². The summed E-state index contributed by atoms with van der Waals surface area (Å²) in [6, 6.07) is 7.00. The number of hydrogen-bond donors (Lipinski definition) is 1. The maximum atomic E-state index is 5.43. The van der Waals surface area contributed by atoms with Crippen LogP contribution in [0, 0.1) is 5.92 Å². The fourth-order valence-electron chi connectivity index (χ4n) is 3.12. The van der Waals surface area contributed by atoms with Crippen molar-refractivity contribution >= 4 is 0 Å². The van der Waals surface area contributed by atoms with Crippen LogP contribution in [0.25, 0.3) is 0 Å². The van der Waals surface area contributed by atoms with Gasteiger partial charge in [0.15, 0.2) is 11.5 Å². The van der Waals surface area contributed by atoms with E-state index in [4.69, 9.17) is 9.47 Å². The number of fused-ring (bicyclic) bond motifs is 1. The minimum Gasteiger partial charge on any atom is -0.454 e. The van der Waals surface area contributed by atoms with E-state index in [0.717, 1.165) is 23.8 Å². The molecule has 19 heavy (non-hydrogen) atoms. The molecule has 1 fully saturated rings. The normalized spacial score (nSPS) is 25.5. The fraction of sp³-hybridized carbons (Fsp3) is 0.625. The highest BCUT2D eigenvalue weighted by Gasteiger charge is 2.20. The zero-order valence-electron chi connectivity index (χ0n) is 11.7. The average Bonchev–Trinajstić information content (AvgIpc) is 2.93. The van der Waals surface area contributed by atoms with E-state index in [0.29, 0.717) is 12.8 Å². The third kappa shape index (κ3) is 3.03. The van der Waals surface area contributed by atoms with Gasteiger partial charge in [0.25, 0.3) is 0 Å². The van der Waals surface area contributed by atoms with Gasteiger partial charge in [0, 0.05) is 6.04 Å². The van der Waals surface area contributed by atoms with Crippen molar-refractivity contribution in [2.24, 2.45) is 5.92 Å². The third-order valence-corrected chi connectivity index (χ3v) is 4.40. The molecule has 0 spiro atoms. The molecule has 3 nitrogen and oxygen atoms in total. The largest absolute Gasteiger partial charge is 0.454 e. The molecule has 104 valence electrons. The van der Waals surface area contributed by atoms with Gasteiger partial charge in [-0.1, -0.05) is 19.4 Å². The highest BCUT2D eigenvalue weighted by Crippen LogP contribution is 2.33. The number of ether oxygens (including phenoxy) is 2. The standard InChI is InChI=1S/C16H23NO2/c1-2-12-7-8-17-14(9-12)5-3-13-4-6-15-16(10-13)19-11-18-15/h4,6,10,12,14,17H,2-3,5,7-9,11H2,1H3. The Labute approximate surface area is 115 Å². The molecule has 0 saturated carbocycles. The predicted molar refractivity (Wildman–Crippen MR) is 75.7 cm³/mol. The molecule has 0 aliphatic carbocycles. The first kappa shape index (κ1) is 12.8. The Morgan fingerprint density at radius 3 is 3.05 bits per heavy atom. The fourth-order valence-corrected chi connectivity index (χ4v) is 3.12. The smallest absolute Gasteiger partial charge is 0.231 e. The summed E-state index contributed by atoms with van der Waals surface area (Å²) in [6.07, 6.45) is 6.33. The van der Waals surface area contributed by atoms with Gasteiger partial charge >= 0.3 is 0 Å². The second kappa shape index (κ2) is 5.83. The van der Waals surface area contributed by atoms with Crippen LogP contribution < -0.4 is 14.8 Å². The van der Waals surface area contributed by atoms with Gasteiger partial charge in [-0.2, -0.15) is 0 Å². The molecule has 2 aliphatic rings. The van der Waals surface area contributed by atoms with E-state index < -0.39 is 0 Å². The molecular formula is C16H23NO2. The molecule has 2 unspecified atom stereocenters. The SMILES string of the molecule is CCC1CCNC(CCc2ccc3c(c2)OCO3)C1. The molecule has 3 heteroatoms. The molecule has 1 aromatic rings. The lowest BCUT2D eigenvalue weighted by molar-refractivity contribution is 0.174. The van der Waals surface area contributed by atoms with Crippen LogP contribution in [-0.2, 0) is 6.42 Å². The first-order valence-corrected chi connectivity index (χ1v) is 7.47. The van der Waals surface area contributed by atoms with Crippen LogP contribution in [0.5, 0.6) is 11.5 Å². The van der Waals surface area contributed by atoms with Crippen LogP contribution >= 0.6 is 0 Å². The van der Waals surface area contributed by atoms with Gasteiger partial charge in [0.1, 0.15) is 0 Å². The van der Waals surface area contributed by atoms with Gasteiger partial charge in [-0.15, -0.1) is 0 Å². The predicted octanol–water partition coefficient (Wildman–Crippen LogP) is 3.13. The minimum absolute atomic E-state index is 0.362. The number of nitrogens with one attached hydrogen (secondary N) is 1. The van der Waals surface area contributed by atoms with Crippen molar-refractivity contribution in [1.82, 2.24) is 5.32 Å². The topological polar surface area (TPSA) is 30.5 Å². The maximum Gasteiger partial charge on any atom is 0.231 e. The van der Waals surface area contributed by atoms with E-state index in [9.17, 15) is 0 Å². The van der Waals surface area contributed by atoms with E-state index in [1.165, 1.54) is 37.8 Å². The Morgan fingerprint density at radius 2 is 2.16 bits per heavy atom. The van der Waals surface area contributed by atoms with E-state index in [-0.39, 0.29) is 0 Å². The lowest BCUT2D eigenvalue weighted by Crippen LogP contribution is -2.38. The number of benzene rings is 1. The number of rotatable bonds is 4. The first-order chi connectivity index (χ1) is 9.35. The van der Waals surface area contributed by atoms with E-state index in [1.807, 2.05) is 6.07 Å². The second-order valence-electron chi connectivity index (χ2n) is 5.68. The summed E-state index contributed by atoms with van der Waals surface area (Å²) in [4.78, 5) is 0. The minimum atomic E-state index is 0.362. The molecule has 2 heterocycles. The second-order valence-corrected chi connectivity index (χ2v) is 5.68. The Kier molecular flexibility index (Phi) is 3.92. The Balaban J connectivity index is 1.54. The number of aryl methyl sites for hydroxylation is 1. The summed E-state index contributed by atoms with van der Waals surface area (Å²) in [5.74, 6) is 2.70. The van der Waals surface area contributed by atoms with Crippen molar-refractivity contribution in [1.29, 1.82) is 0 Å². The molecular weight excluding hydrogens is 238 g/mol. The van der Waals surface area contributed by atoms with Crippen molar-refractivity contribution in [3.8, 4) is 11.5 Å². The summed E-state index contributed by atoms with van der Waals surface area (Å²) in [5, 5.41) is 3.65. The van der Waals surface area contributed by atoms with Crippen molar-refractivity contribution in [2.75, 3.05) is 13.3 Å². The molecule has 0 radical (unpaired) electrons. The van der Waals surface area contributed by atoms with Gasteiger partial charge < -0.3 is 14.8 Å². The van der Waals surface area contributed by atoms with Crippen molar-refractivity contribution < 1.29 is 9.47 Å². The Hall–Kier alpha value is -1.22. The van der Waals surface area contributed by atoms with Crippen LogP contribution in [0.15, 0.2) is 18.2 Å². The molecule has 1 aromatic carbocycles. The molecule has 2 atom stereocenters. The van der Waals surface area contributed by atoms with Gasteiger partial charge in [0.05, 0.1) is 0 Å². The number of hydrogen-bond acceptors (Lipinski definition) is 3. The molecule has 3 rings (SSSR count). The quantitative estimate of drug-likeness (QED) is 0.903. The van der Waals surface area contributed by atoms with E-state index in [1.54, 1.807) is 0 Å². The van der Waals surface area contributed by atoms with Crippen LogP contribution in [0.1, 0.15) is 38.2 Å². The highest BCUT2D eigenvalue weighted by molar-refractivity contribution is 5.44. The molecule has 0 bridgehead atoms. The zero-order chi connectivity index (χ0) is 13.1. The van der Waals surface area contributed by atoms with Gasteiger partial charge in [-0.25, -0.2) is 0 Å². The summed E-state index contributed by atoms with van der Waals surface area (Å²) in [6.45, 7) is 3.86. The molecule has 0 aromatic heterocycles. The Bertz CT molecular complexity index is 433. The zero-order valence-corrected chi connectivity index (χ0v) is 11.7. The van der Waals surface area contributed by atoms with Crippen LogP contribution in [0.2, 0.25) is 0 Å². The molecule has 0 amide bonds. The number of piperidine rings is 1.